The van der Waals surface area contributed by atoms with E-state index in [2.05, 4.69) is 15.8 Å². The molecule has 2 rings (SSSR count). The predicted molar refractivity (Wildman–Crippen MR) is 106 cm³/mol. The van der Waals surface area contributed by atoms with Crippen LogP contribution in [-0.4, -0.2) is 17.5 Å². The van der Waals surface area contributed by atoms with E-state index in [1.165, 1.54) is 12.1 Å². The predicted octanol–water partition coefficient (Wildman–Crippen LogP) is 5.09. The Morgan fingerprint density at radius 3 is 2.42 bits per heavy atom. The average Bonchev–Trinajstić information content (AvgIpc) is 2.56. The normalized spacial score (nSPS) is 11.2. The number of anilines is 1. The van der Waals surface area contributed by atoms with Gasteiger partial charge >= 0.3 is 0 Å². The summed E-state index contributed by atoms with van der Waals surface area (Å²) >= 11 is 17.8. The molecule has 0 fully saturated rings. The molecule has 0 atom stereocenters. The minimum atomic E-state index is -0.489. The fourth-order valence-corrected chi connectivity index (χ4v) is 2.70. The van der Waals surface area contributed by atoms with Crippen molar-refractivity contribution in [2.45, 2.75) is 20.3 Å². The molecule has 8 heteroatoms. The number of amides is 2. The molecule has 0 saturated heterocycles. The second-order valence-corrected chi connectivity index (χ2v) is 6.85. The zero-order chi connectivity index (χ0) is 19.3. The summed E-state index contributed by atoms with van der Waals surface area (Å²) in [6, 6.07) is 9.77. The van der Waals surface area contributed by atoms with Crippen LogP contribution < -0.4 is 10.7 Å². The van der Waals surface area contributed by atoms with Crippen LogP contribution in [0, 0.1) is 6.92 Å². The minimum absolute atomic E-state index is 0.0140. The summed E-state index contributed by atoms with van der Waals surface area (Å²) in [5.74, 6) is -0.762. The van der Waals surface area contributed by atoms with Crippen molar-refractivity contribution in [3.63, 3.8) is 0 Å². The SMILES string of the molecule is C/C(CC(=O)Nc1ccc(C)c(Cl)c1)=N/NC(=O)c1ccc(Cl)cc1Cl. The minimum Gasteiger partial charge on any atom is -0.326 e. The first-order chi connectivity index (χ1) is 12.3. The topological polar surface area (TPSA) is 70.6 Å². The third-order valence-corrected chi connectivity index (χ3v) is 4.35. The summed E-state index contributed by atoms with van der Waals surface area (Å²) in [5.41, 5.74) is 4.55. The van der Waals surface area contributed by atoms with Crippen LogP contribution in [0.5, 0.6) is 0 Å². The lowest BCUT2D eigenvalue weighted by Gasteiger charge is -2.07. The Balaban J connectivity index is 1.93. The van der Waals surface area contributed by atoms with Crippen LogP contribution in [0.3, 0.4) is 0 Å². The molecule has 0 heterocycles. The lowest BCUT2D eigenvalue weighted by Crippen LogP contribution is -2.21. The number of carbonyl (C=O) groups is 2. The Morgan fingerprint density at radius 1 is 1.04 bits per heavy atom. The molecule has 26 heavy (non-hydrogen) atoms. The molecule has 0 bridgehead atoms. The fraction of sp³-hybridized carbons (Fsp3) is 0.167. The summed E-state index contributed by atoms with van der Waals surface area (Å²) in [6.45, 7) is 3.51. The van der Waals surface area contributed by atoms with Gasteiger partial charge in [0.15, 0.2) is 0 Å². The Bertz CT molecular complexity index is 882. The van der Waals surface area contributed by atoms with E-state index in [4.69, 9.17) is 34.8 Å². The lowest BCUT2D eigenvalue weighted by molar-refractivity contribution is -0.115. The average molecular weight is 413 g/mol. The number of rotatable bonds is 5. The molecule has 0 aliphatic rings. The second kappa shape index (κ2) is 9.03. The Kier molecular flexibility index (Phi) is 7.03. The van der Waals surface area contributed by atoms with Crippen LogP contribution in [-0.2, 0) is 4.79 Å². The highest BCUT2D eigenvalue weighted by atomic mass is 35.5. The van der Waals surface area contributed by atoms with Gasteiger partial charge in [-0.05, 0) is 49.7 Å². The van der Waals surface area contributed by atoms with Gasteiger partial charge < -0.3 is 5.32 Å². The zero-order valence-corrected chi connectivity index (χ0v) is 16.3. The number of hydrogen-bond donors (Lipinski definition) is 2. The smallest absolute Gasteiger partial charge is 0.272 e. The fourth-order valence-electron chi connectivity index (χ4n) is 2.03. The number of benzene rings is 2. The van der Waals surface area contributed by atoms with Crippen molar-refractivity contribution in [1.29, 1.82) is 0 Å². The van der Waals surface area contributed by atoms with E-state index in [0.717, 1.165) is 5.56 Å². The lowest BCUT2D eigenvalue weighted by atomic mass is 10.2. The van der Waals surface area contributed by atoms with Crippen molar-refractivity contribution < 1.29 is 9.59 Å². The molecule has 5 nitrogen and oxygen atoms in total. The number of hydrazone groups is 1. The van der Waals surface area contributed by atoms with Crippen molar-refractivity contribution in [3.05, 3.63) is 62.6 Å². The summed E-state index contributed by atoms with van der Waals surface area (Å²) < 4.78 is 0. The monoisotopic (exact) mass is 411 g/mol. The maximum Gasteiger partial charge on any atom is 0.272 e. The third-order valence-electron chi connectivity index (χ3n) is 3.40. The van der Waals surface area contributed by atoms with E-state index in [0.29, 0.717) is 21.4 Å². The highest BCUT2D eigenvalue weighted by molar-refractivity contribution is 6.36. The van der Waals surface area contributed by atoms with Gasteiger partial charge in [0.05, 0.1) is 17.0 Å². The maximum atomic E-state index is 12.1. The Labute approximate surface area is 166 Å². The Morgan fingerprint density at radius 2 is 1.77 bits per heavy atom. The summed E-state index contributed by atoms with van der Waals surface area (Å²) in [5, 5.41) is 7.86. The number of hydrogen-bond acceptors (Lipinski definition) is 3. The first kappa shape index (κ1) is 20.2. The molecule has 0 aromatic heterocycles. The van der Waals surface area contributed by atoms with E-state index >= 15 is 0 Å². The number of nitrogens with one attached hydrogen (secondary N) is 2. The van der Waals surface area contributed by atoms with Crippen LogP contribution >= 0.6 is 34.8 Å². The highest BCUT2D eigenvalue weighted by Crippen LogP contribution is 2.21. The number of halogens is 3. The van der Waals surface area contributed by atoms with Crippen molar-refractivity contribution >= 4 is 58.0 Å². The molecule has 0 aliphatic heterocycles. The second-order valence-electron chi connectivity index (χ2n) is 5.60. The van der Waals surface area contributed by atoms with E-state index in [1.807, 2.05) is 13.0 Å². The molecule has 0 unspecified atom stereocenters. The number of nitrogens with zero attached hydrogens (tertiary/aromatic N) is 1. The molecule has 136 valence electrons. The van der Waals surface area contributed by atoms with Crippen molar-refractivity contribution in [3.8, 4) is 0 Å². The molecule has 0 aliphatic carbocycles. The maximum absolute atomic E-state index is 12.1. The van der Waals surface area contributed by atoms with Gasteiger partial charge in [0.25, 0.3) is 5.91 Å². The van der Waals surface area contributed by atoms with E-state index in [1.54, 1.807) is 25.1 Å². The van der Waals surface area contributed by atoms with Gasteiger partial charge in [-0.25, -0.2) is 5.43 Å². The molecule has 2 aromatic carbocycles. The molecule has 2 aromatic rings. The van der Waals surface area contributed by atoms with E-state index in [9.17, 15) is 9.59 Å². The third kappa shape index (κ3) is 5.73. The van der Waals surface area contributed by atoms with Crippen LogP contribution in [0.25, 0.3) is 0 Å². The van der Waals surface area contributed by atoms with Gasteiger partial charge in [0, 0.05) is 21.4 Å². The molecule has 0 spiro atoms. The van der Waals surface area contributed by atoms with Gasteiger partial charge in [0.1, 0.15) is 0 Å². The van der Waals surface area contributed by atoms with Crippen LogP contribution in [0.15, 0.2) is 41.5 Å². The standard InChI is InChI=1S/C18H16Cl3N3O2/c1-10-3-5-13(9-15(10)20)22-17(25)7-11(2)23-24-18(26)14-6-4-12(19)8-16(14)21/h3-6,8-9H,7H2,1-2H3,(H,22,25)(H,24,26)/b23-11-. The van der Waals surface area contributed by atoms with Gasteiger partial charge in [-0.1, -0.05) is 40.9 Å². The number of carbonyl (C=O) groups excluding carboxylic acids is 2. The number of aryl methyl sites for hydroxylation is 1. The van der Waals surface area contributed by atoms with E-state index in [-0.39, 0.29) is 22.9 Å². The summed E-state index contributed by atoms with van der Waals surface area (Å²) in [6.07, 6.45) is 0.0140. The molecule has 2 amide bonds. The van der Waals surface area contributed by atoms with Crippen LogP contribution in [0.1, 0.15) is 29.3 Å². The zero-order valence-electron chi connectivity index (χ0n) is 14.1. The van der Waals surface area contributed by atoms with Crippen molar-refractivity contribution in [2.75, 3.05) is 5.32 Å². The Hall–Kier alpha value is -2.08. The van der Waals surface area contributed by atoms with Gasteiger partial charge in [0.2, 0.25) is 5.91 Å². The van der Waals surface area contributed by atoms with Gasteiger partial charge in [-0.2, -0.15) is 5.10 Å². The van der Waals surface area contributed by atoms with Crippen LogP contribution in [0.2, 0.25) is 15.1 Å². The first-order valence-electron chi connectivity index (χ1n) is 7.61. The molecular formula is C18H16Cl3N3O2. The quantitative estimate of drug-likeness (QED) is 0.530. The van der Waals surface area contributed by atoms with Crippen molar-refractivity contribution in [1.82, 2.24) is 5.43 Å². The summed E-state index contributed by atoms with van der Waals surface area (Å²) in [4.78, 5) is 24.1. The summed E-state index contributed by atoms with van der Waals surface area (Å²) in [7, 11) is 0. The largest absolute Gasteiger partial charge is 0.326 e. The molecule has 0 saturated carbocycles. The molecule has 2 N–H and O–H groups in total. The highest BCUT2D eigenvalue weighted by Gasteiger charge is 2.11. The van der Waals surface area contributed by atoms with E-state index < -0.39 is 5.91 Å². The molecule has 0 radical (unpaired) electrons. The first-order valence-corrected chi connectivity index (χ1v) is 8.74. The van der Waals surface area contributed by atoms with Gasteiger partial charge in [-0.3, -0.25) is 9.59 Å². The van der Waals surface area contributed by atoms with Gasteiger partial charge in [-0.15, -0.1) is 0 Å². The van der Waals surface area contributed by atoms with Crippen molar-refractivity contribution in [2.24, 2.45) is 5.10 Å². The van der Waals surface area contributed by atoms with Crippen LogP contribution in [0.4, 0.5) is 5.69 Å². The molecular weight excluding hydrogens is 397 g/mol.